The fourth-order valence-corrected chi connectivity index (χ4v) is 5.41. The maximum absolute atomic E-state index is 13.2. The molecule has 2 aromatic carbocycles. The maximum Gasteiger partial charge on any atom is 0.293 e. The monoisotopic (exact) mass is 441 g/mol. The number of aromatic nitrogens is 2. The first kappa shape index (κ1) is 20.9. The number of nitrogens with zero attached hydrogens (tertiary/aromatic N) is 3. The number of anilines is 2. The minimum atomic E-state index is -3.95. The SMILES string of the molecule is CCN(c1ccccc1)S(=O)(=O)c1ccc(NC2CCc3[nH]ncc3C2)c([N+](=O)[O-])c1. The number of aryl methyl sites for hydroxylation is 1. The second-order valence-electron chi connectivity index (χ2n) is 7.40. The quantitative estimate of drug-likeness (QED) is 0.427. The van der Waals surface area contributed by atoms with Crippen molar-refractivity contribution in [2.75, 3.05) is 16.2 Å². The second kappa shape index (κ2) is 8.38. The Bertz CT molecular complexity index is 1190. The molecule has 1 atom stereocenters. The number of para-hydroxylation sites is 1. The van der Waals surface area contributed by atoms with Crippen molar-refractivity contribution in [2.24, 2.45) is 0 Å². The molecule has 0 bridgehead atoms. The van der Waals surface area contributed by atoms with Crippen LogP contribution in [0, 0.1) is 10.1 Å². The molecule has 0 fully saturated rings. The lowest BCUT2D eigenvalue weighted by molar-refractivity contribution is -0.384. The van der Waals surface area contributed by atoms with Crippen LogP contribution in [0.4, 0.5) is 17.1 Å². The van der Waals surface area contributed by atoms with Gasteiger partial charge in [-0.15, -0.1) is 0 Å². The highest BCUT2D eigenvalue weighted by Gasteiger charge is 2.28. The van der Waals surface area contributed by atoms with E-state index in [-0.39, 0.29) is 23.2 Å². The van der Waals surface area contributed by atoms with Crippen LogP contribution in [0.5, 0.6) is 0 Å². The van der Waals surface area contributed by atoms with E-state index in [0.29, 0.717) is 17.8 Å². The van der Waals surface area contributed by atoms with E-state index in [2.05, 4.69) is 15.5 Å². The van der Waals surface area contributed by atoms with Crippen molar-refractivity contribution in [3.8, 4) is 0 Å². The van der Waals surface area contributed by atoms with Crippen LogP contribution < -0.4 is 9.62 Å². The van der Waals surface area contributed by atoms with Crippen molar-refractivity contribution in [3.63, 3.8) is 0 Å². The molecule has 0 saturated heterocycles. The molecule has 1 aliphatic rings. The van der Waals surface area contributed by atoms with Crippen LogP contribution >= 0.6 is 0 Å². The normalized spacial score (nSPS) is 15.8. The van der Waals surface area contributed by atoms with Crippen LogP contribution in [-0.2, 0) is 22.9 Å². The van der Waals surface area contributed by atoms with Gasteiger partial charge < -0.3 is 5.32 Å². The lowest BCUT2D eigenvalue weighted by Gasteiger charge is -2.25. The first-order valence-electron chi connectivity index (χ1n) is 10.0. The zero-order valence-electron chi connectivity index (χ0n) is 17.0. The zero-order valence-corrected chi connectivity index (χ0v) is 17.8. The van der Waals surface area contributed by atoms with Crippen molar-refractivity contribution >= 4 is 27.1 Å². The number of nitrogens with one attached hydrogen (secondary N) is 2. The van der Waals surface area contributed by atoms with Crippen LogP contribution in [0.3, 0.4) is 0 Å². The fraction of sp³-hybridized carbons (Fsp3) is 0.286. The molecule has 1 aliphatic carbocycles. The number of rotatable bonds is 7. The molecule has 4 rings (SSSR count). The van der Waals surface area contributed by atoms with Crippen LogP contribution in [0.25, 0.3) is 0 Å². The van der Waals surface area contributed by atoms with E-state index in [1.807, 2.05) is 0 Å². The standard InChI is InChI=1S/C21H23N5O4S/c1-2-25(17-6-4-3-5-7-17)31(29,30)18-9-11-20(21(13-18)26(27)28)23-16-8-10-19-15(12-16)14-22-24-19/h3-7,9,11,13-14,16,23H,2,8,10,12H2,1H3,(H,22,24). The summed E-state index contributed by atoms with van der Waals surface area (Å²) in [6.07, 6.45) is 4.07. The highest BCUT2D eigenvalue weighted by Crippen LogP contribution is 2.32. The topological polar surface area (TPSA) is 121 Å². The lowest BCUT2D eigenvalue weighted by Crippen LogP contribution is -2.31. The first-order chi connectivity index (χ1) is 14.9. The van der Waals surface area contributed by atoms with Crippen LogP contribution in [0.1, 0.15) is 24.6 Å². The zero-order chi connectivity index (χ0) is 22.0. The molecule has 3 aromatic rings. The molecule has 10 heteroatoms. The molecule has 1 unspecified atom stereocenters. The number of sulfonamides is 1. The van der Waals surface area contributed by atoms with Crippen molar-refractivity contribution in [2.45, 2.75) is 37.1 Å². The molecule has 31 heavy (non-hydrogen) atoms. The van der Waals surface area contributed by atoms with E-state index in [4.69, 9.17) is 0 Å². The third-order valence-corrected chi connectivity index (χ3v) is 7.36. The van der Waals surface area contributed by atoms with Gasteiger partial charge in [0.1, 0.15) is 5.69 Å². The summed E-state index contributed by atoms with van der Waals surface area (Å²) in [5.74, 6) is 0. The van der Waals surface area contributed by atoms with E-state index in [1.165, 1.54) is 16.4 Å². The predicted octanol–water partition coefficient (Wildman–Crippen LogP) is 3.50. The van der Waals surface area contributed by atoms with E-state index >= 15 is 0 Å². The summed E-state index contributed by atoms with van der Waals surface area (Å²) in [6.45, 7) is 1.93. The molecule has 2 N–H and O–H groups in total. The fourth-order valence-electron chi connectivity index (χ4n) is 3.92. The Morgan fingerprint density at radius 3 is 2.74 bits per heavy atom. The summed E-state index contributed by atoms with van der Waals surface area (Å²) in [7, 11) is -3.95. The van der Waals surface area contributed by atoms with Gasteiger partial charge in [-0.1, -0.05) is 18.2 Å². The van der Waals surface area contributed by atoms with Gasteiger partial charge in [-0.3, -0.25) is 19.5 Å². The van der Waals surface area contributed by atoms with Gasteiger partial charge in [0.2, 0.25) is 0 Å². The lowest BCUT2D eigenvalue weighted by atomic mass is 9.93. The predicted molar refractivity (Wildman–Crippen MR) is 118 cm³/mol. The van der Waals surface area contributed by atoms with Crippen LogP contribution in [0.2, 0.25) is 0 Å². The van der Waals surface area contributed by atoms with Gasteiger partial charge in [0.15, 0.2) is 0 Å². The molecule has 0 saturated carbocycles. The summed E-state index contributed by atoms with van der Waals surface area (Å²) in [6, 6.07) is 12.7. The maximum atomic E-state index is 13.2. The Labute approximate surface area is 180 Å². The average molecular weight is 442 g/mol. The second-order valence-corrected chi connectivity index (χ2v) is 9.26. The van der Waals surface area contributed by atoms with Crippen LogP contribution in [0.15, 0.2) is 59.6 Å². The van der Waals surface area contributed by atoms with Crippen molar-refractivity contribution in [1.82, 2.24) is 10.2 Å². The summed E-state index contributed by atoms with van der Waals surface area (Å²) in [4.78, 5) is 11.1. The number of nitro benzene ring substituents is 1. The van der Waals surface area contributed by atoms with Gasteiger partial charge >= 0.3 is 0 Å². The Morgan fingerprint density at radius 1 is 1.26 bits per heavy atom. The largest absolute Gasteiger partial charge is 0.376 e. The van der Waals surface area contributed by atoms with E-state index in [9.17, 15) is 18.5 Å². The number of aromatic amines is 1. The minimum Gasteiger partial charge on any atom is -0.376 e. The smallest absolute Gasteiger partial charge is 0.293 e. The van der Waals surface area contributed by atoms with E-state index in [1.54, 1.807) is 43.5 Å². The number of hydrogen-bond donors (Lipinski definition) is 2. The number of fused-ring (bicyclic) bond motifs is 1. The Morgan fingerprint density at radius 2 is 2.03 bits per heavy atom. The average Bonchev–Trinajstić information content (AvgIpc) is 3.23. The molecule has 1 heterocycles. The molecule has 0 aliphatic heterocycles. The molecule has 0 amide bonds. The first-order valence-corrected chi connectivity index (χ1v) is 11.5. The van der Waals surface area contributed by atoms with E-state index in [0.717, 1.165) is 30.2 Å². The van der Waals surface area contributed by atoms with Gasteiger partial charge in [-0.25, -0.2) is 8.42 Å². The summed E-state index contributed by atoms with van der Waals surface area (Å²) >= 11 is 0. The summed E-state index contributed by atoms with van der Waals surface area (Å²) < 4.78 is 27.7. The Hall–Kier alpha value is -3.40. The number of nitro groups is 1. The summed E-state index contributed by atoms with van der Waals surface area (Å²) in [5, 5.41) is 22.0. The highest BCUT2D eigenvalue weighted by molar-refractivity contribution is 7.92. The molecule has 0 radical (unpaired) electrons. The van der Waals surface area contributed by atoms with Crippen molar-refractivity contribution in [3.05, 3.63) is 76.1 Å². The molecular weight excluding hydrogens is 418 g/mol. The summed E-state index contributed by atoms with van der Waals surface area (Å²) in [5.41, 5.74) is 2.74. The molecular formula is C21H23N5O4S. The van der Waals surface area contributed by atoms with Gasteiger partial charge in [-0.05, 0) is 56.0 Å². The van der Waals surface area contributed by atoms with Gasteiger partial charge in [0, 0.05) is 24.3 Å². The molecule has 0 spiro atoms. The molecule has 1 aromatic heterocycles. The third kappa shape index (κ3) is 4.11. The third-order valence-electron chi connectivity index (χ3n) is 5.46. The molecule has 162 valence electrons. The van der Waals surface area contributed by atoms with Gasteiger partial charge in [0.05, 0.1) is 21.7 Å². The number of hydrogen-bond acceptors (Lipinski definition) is 6. The van der Waals surface area contributed by atoms with Crippen molar-refractivity contribution < 1.29 is 13.3 Å². The molecule has 9 nitrogen and oxygen atoms in total. The number of H-pyrrole nitrogens is 1. The Kier molecular flexibility index (Phi) is 5.64. The Balaban J connectivity index is 1.63. The number of benzene rings is 2. The van der Waals surface area contributed by atoms with Gasteiger partial charge in [0.25, 0.3) is 15.7 Å². The minimum absolute atomic E-state index is 0.00251. The highest BCUT2D eigenvalue weighted by atomic mass is 32.2. The van der Waals surface area contributed by atoms with Crippen LogP contribution in [-0.4, -0.2) is 36.1 Å². The van der Waals surface area contributed by atoms with Crippen molar-refractivity contribution in [1.29, 1.82) is 0 Å². The van der Waals surface area contributed by atoms with Gasteiger partial charge in [-0.2, -0.15) is 5.10 Å². The van der Waals surface area contributed by atoms with E-state index < -0.39 is 14.9 Å².